The highest BCUT2D eigenvalue weighted by molar-refractivity contribution is 9.10. The molecule has 2 rings (SSSR count). The van der Waals surface area contributed by atoms with Gasteiger partial charge in [-0.25, -0.2) is 8.78 Å². The van der Waals surface area contributed by atoms with Gasteiger partial charge in [-0.15, -0.1) is 0 Å². The van der Waals surface area contributed by atoms with Crippen LogP contribution >= 0.6 is 15.9 Å². The Morgan fingerprint density at radius 1 is 1.30 bits per heavy atom. The van der Waals surface area contributed by atoms with Gasteiger partial charge in [0.05, 0.1) is 22.4 Å². The quantitative estimate of drug-likeness (QED) is 0.847. The first kappa shape index (κ1) is 14.9. The third kappa shape index (κ3) is 3.33. The Kier molecular flexibility index (Phi) is 4.70. The van der Waals surface area contributed by atoms with Crippen molar-refractivity contribution >= 4 is 21.6 Å². The van der Waals surface area contributed by atoms with Crippen LogP contribution in [0.5, 0.6) is 0 Å². The fraction of sp³-hybridized carbons (Fsp3) is 0.267. The van der Waals surface area contributed by atoms with Crippen molar-refractivity contribution in [1.82, 2.24) is 4.98 Å². The molecule has 0 aliphatic rings. The zero-order valence-electron chi connectivity index (χ0n) is 11.3. The summed E-state index contributed by atoms with van der Waals surface area (Å²) < 4.78 is 27.0. The van der Waals surface area contributed by atoms with E-state index in [-0.39, 0.29) is 17.7 Å². The summed E-state index contributed by atoms with van der Waals surface area (Å²) in [6.45, 7) is 3.89. The monoisotopic (exact) mass is 340 g/mol. The molecule has 0 saturated carbocycles. The molecule has 0 aliphatic carbocycles. The van der Waals surface area contributed by atoms with E-state index in [9.17, 15) is 8.78 Å². The van der Waals surface area contributed by atoms with Crippen LogP contribution in [0.1, 0.15) is 30.6 Å². The van der Waals surface area contributed by atoms with E-state index in [2.05, 4.69) is 26.2 Å². The van der Waals surface area contributed by atoms with Crippen LogP contribution in [0.3, 0.4) is 0 Å². The summed E-state index contributed by atoms with van der Waals surface area (Å²) in [5, 5.41) is 3.25. The second kappa shape index (κ2) is 6.31. The van der Waals surface area contributed by atoms with Crippen LogP contribution in [0.25, 0.3) is 0 Å². The lowest BCUT2D eigenvalue weighted by molar-refractivity contribution is 0.613. The summed E-state index contributed by atoms with van der Waals surface area (Å²) in [4.78, 5) is 4.07. The molecule has 1 aromatic carbocycles. The predicted molar refractivity (Wildman–Crippen MR) is 79.7 cm³/mol. The van der Waals surface area contributed by atoms with Crippen molar-refractivity contribution in [1.29, 1.82) is 0 Å². The fourth-order valence-electron chi connectivity index (χ4n) is 1.97. The van der Waals surface area contributed by atoms with Gasteiger partial charge in [-0.2, -0.15) is 0 Å². The molecule has 5 heteroatoms. The smallest absolute Gasteiger partial charge is 0.141 e. The van der Waals surface area contributed by atoms with E-state index in [0.717, 1.165) is 17.7 Å². The summed E-state index contributed by atoms with van der Waals surface area (Å²) in [6.07, 6.45) is 1.95. The molecule has 20 heavy (non-hydrogen) atoms. The van der Waals surface area contributed by atoms with Crippen LogP contribution in [0.2, 0.25) is 0 Å². The second-order valence-electron chi connectivity index (χ2n) is 4.59. The maximum Gasteiger partial charge on any atom is 0.141 e. The molecule has 2 aromatic rings. The standard InChI is InChI=1S/C15H15BrF2N2/c1-3-13(14-5-4-10(17)8-19-14)20-15-7-12(18)11(16)6-9(15)2/h4-8,13,20H,3H2,1-2H3. The topological polar surface area (TPSA) is 24.9 Å². The number of nitrogens with zero attached hydrogens (tertiary/aromatic N) is 1. The largest absolute Gasteiger partial charge is 0.376 e. The fourth-order valence-corrected chi connectivity index (χ4v) is 2.43. The Morgan fingerprint density at radius 2 is 2.05 bits per heavy atom. The molecule has 0 bridgehead atoms. The van der Waals surface area contributed by atoms with E-state index in [1.165, 1.54) is 18.3 Å². The molecule has 2 nitrogen and oxygen atoms in total. The van der Waals surface area contributed by atoms with E-state index in [1.54, 1.807) is 12.1 Å². The number of halogens is 3. The number of rotatable bonds is 4. The minimum atomic E-state index is -0.366. The van der Waals surface area contributed by atoms with Gasteiger partial charge in [-0.3, -0.25) is 4.98 Å². The number of aryl methyl sites for hydroxylation is 1. The molecule has 1 aromatic heterocycles. The van der Waals surface area contributed by atoms with Crippen LogP contribution in [-0.2, 0) is 0 Å². The third-order valence-electron chi connectivity index (χ3n) is 3.11. The lowest BCUT2D eigenvalue weighted by atomic mass is 10.1. The first-order chi connectivity index (χ1) is 9.51. The molecular formula is C15H15BrF2N2. The van der Waals surface area contributed by atoms with Crippen LogP contribution < -0.4 is 5.32 Å². The van der Waals surface area contributed by atoms with Crippen molar-refractivity contribution in [2.45, 2.75) is 26.3 Å². The van der Waals surface area contributed by atoms with Crippen molar-refractivity contribution in [3.05, 3.63) is 57.8 Å². The minimum absolute atomic E-state index is 0.0881. The zero-order valence-corrected chi connectivity index (χ0v) is 12.8. The summed E-state index contributed by atoms with van der Waals surface area (Å²) in [5.41, 5.74) is 2.37. The van der Waals surface area contributed by atoms with Gasteiger partial charge >= 0.3 is 0 Å². The molecule has 1 unspecified atom stereocenters. The van der Waals surface area contributed by atoms with Crippen LogP contribution in [0.15, 0.2) is 34.9 Å². The Morgan fingerprint density at radius 3 is 2.65 bits per heavy atom. The van der Waals surface area contributed by atoms with Gasteiger partial charge in [0.25, 0.3) is 0 Å². The molecule has 0 spiro atoms. The van der Waals surface area contributed by atoms with E-state index in [0.29, 0.717) is 10.2 Å². The van der Waals surface area contributed by atoms with Crippen molar-refractivity contribution in [2.24, 2.45) is 0 Å². The number of anilines is 1. The van der Waals surface area contributed by atoms with Gasteiger partial charge < -0.3 is 5.32 Å². The molecular weight excluding hydrogens is 326 g/mol. The van der Waals surface area contributed by atoms with Crippen molar-refractivity contribution < 1.29 is 8.78 Å². The SMILES string of the molecule is CCC(Nc1cc(F)c(Br)cc1C)c1ccc(F)cn1. The van der Waals surface area contributed by atoms with Crippen molar-refractivity contribution in [3.8, 4) is 0 Å². The Labute approximate surface area is 125 Å². The van der Waals surface area contributed by atoms with Crippen LogP contribution in [-0.4, -0.2) is 4.98 Å². The molecule has 1 N–H and O–H groups in total. The van der Waals surface area contributed by atoms with Crippen molar-refractivity contribution in [2.75, 3.05) is 5.32 Å². The Balaban J connectivity index is 2.26. The normalized spacial score (nSPS) is 12.2. The first-order valence-electron chi connectivity index (χ1n) is 6.35. The highest BCUT2D eigenvalue weighted by Gasteiger charge is 2.13. The average Bonchev–Trinajstić information content (AvgIpc) is 2.42. The van der Waals surface area contributed by atoms with Crippen LogP contribution in [0.4, 0.5) is 14.5 Å². The first-order valence-corrected chi connectivity index (χ1v) is 7.14. The highest BCUT2D eigenvalue weighted by Crippen LogP contribution is 2.28. The lowest BCUT2D eigenvalue weighted by Gasteiger charge is -2.19. The number of aromatic nitrogens is 1. The molecule has 1 atom stereocenters. The molecule has 0 fully saturated rings. The molecule has 1 heterocycles. The van der Waals surface area contributed by atoms with Gasteiger partial charge in [0, 0.05) is 5.69 Å². The van der Waals surface area contributed by atoms with Crippen LogP contribution in [0, 0.1) is 18.6 Å². The Bertz CT molecular complexity index is 600. The molecule has 0 aliphatic heterocycles. The summed E-state index contributed by atoms with van der Waals surface area (Å²) in [5.74, 6) is -0.686. The van der Waals surface area contributed by atoms with E-state index < -0.39 is 0 Å². The minimum Gasteiger partial charge on any atom is -0.376 e. The summed E-state index contributed by atoms with van der Waals surface area (Å²) in [6, 6.07) is 6.10. The third-order valence-corrected chi connectivity index (χ3v) is 3.72. The van der Waals surface area contributed by atoms with E-state index in [1.807, 2.05) is 13.8 Å². The summed E-state index contributed by atoms with van der Waals surface area (Å²) in [7, 11) is 0. The van der Waals surface area contributed by atoms with E-state index in [4.69, 9.17) is 0 Å². The van der Waals surface area contributed by atoms with Gasteiger partial charge in [0.1, 0.15) is 11.6 Å². The molecule has 106 valence electrons. The average molecular weight is 341 g/mol. The van der Waals surface area contributed by atoms with Gasteiger partial charge in [-0.05, 0) is 59.1 Å². The second-order valence-corrected chi connectivity index (χ2v) is 5.44. The lowest BCUT2D eigenvalue weighted by Crippen LogP contribution is -2.12. The number of hydrogen-bond donors (Lipinski definition) is 1. The van der Waals surface area contributed by atoms with Gasteiger partial charge in [-0.1, -0.05) is 6.92 Å². The number of benzene rings is 1. The number of nitrogens with one attached hydrogen (secondary N) is 1. The zero-order chi connectivity index (χ0) is 14.7. The molecule has 0 radical (unpaired) electrons. The molecule has 0 saturated heterocycles. The van der Waals surface area contributed by atoms with Gasteiger partial charge in [0.15, 0.2) is 0 Å². The highest BCUT2D eigenvalue weighted by atomic mass is 79.9. The van der Waals surface area contributed by atoms with Crippen molar-refractivity contribution in [3.63, 3.8) is 0 Å². The molecule has 0 amide bonds. The maximum atomic E-state index is 13.6. The maximum absolute atomic E-state index is 13.6. The Hall–Kier alpha value is -1.49. The van der Waals surface area contributed by atoms with Gasteiger partial charge in [0.2, 0.25) is 0 Å². The van der Waals surface area contributed by atoms with E-state index >= 15 is 0 Å². The predicted octanol–water partition coefficient (Wildman–Crippen LogP) is 4.99. The summed E-state index contributed by atoms with van der Waals surface area (Å²) >= 11 is 3.16. The number of pyridine rings is 1. The number of hydrogen-bond acceptors (Lipinski definition) is 2.